The summed E-state index contributed by atoms with van der Waals surface area (Å²) < 4.78 is 0. The minimum absolute atomic E-state index is 0. The third-order valence-electron chi connectivity index (χ3n) is 2.46. The molecule has 0 aromatic rings. The first-order chi connectivity index (χ1) is 10.4. The quantitative estimate of drug-likeness (QED) is 0.338. The SMILES string of the molecule is CC[N-]C([N-]C)C(C)C.CC[N-]C([N-]C)C(C)C.[CH-]=O.[CH-]=O.[Ru+6]. The van der Waals surface area contributed by atoms with Crippen molar-refractivity contribution in [2.24, 2.45) is 11.8 Å². The van der Waals surface area contributed by atoms with Gasteiger partial charge in [0, 0.05) is 0 Å². The Morgan fingerprint density at radius 1 is 0.696 bits per heavy atom. The van der Waals surface area contributed by atoms with E-state index >= 15 is 0 Å². The Labute approximate surface area is 157 Å². The largest absolute Gasteiger partial charge is 6.00 e. The molecule has 138 valence electrons. The van der Waals surface area contributed by atoms with Crippen LogP contribution >= 0.6 is 0 Å². The van der Waals surface area contributed by atoms with Crippen molar-refractivity contribution in [3.05, 3.63) is 21.3 Å². The van der Waals surface area contributed by atoms with Gasteiger partial charge >= 0.3 is 19.5 Å². The molecule has 0 aliphatic rings. The summed E-state index contributed by atoms with van der Waals surface area (Å²) in [6.07, 6.45) is 0.435. The summed E-state index contributed by atoms with van der Waals surface area (Å²) in [4.78, 5) is 15.5. The molecule has 0 spiro atoms. The summed E-state index contributed by atoms with van der Waals surface area (Å²) >= 11 is 0. The van der Waals surface area contributed by atoms with Gasteiger partial charge in [-0.1, -0.05) is 53.4 Å². The third kappa shape index (κ3) is 27.0. The zero-order valence-electron chi connectivity index (χ0n) is 15.8. The van der Waals surface area contributed by atoms with Gasteiger partial charge in [0.15, 0.2) is 0 Å². The molecule has 0 fully saturated rings. The predicted molar refractivity (Wildman–Crippen MR) is 97.1 cm³/mol. The molecule has 23 heavy (non-hydrogen) atoms. The fourth-order valence-electron chi connectivity index (χ4n) is 1.56. The van der Waals surface area contributed by atoms with E-state index in [9.17, 15) is 0 Å². The van der Waals surface area contributed by atoms with Crippen LogP contribution in [0, 0.1) is 11.8 Å². The van der Waals surface area contributed by atoms with E-state index in [1.807, 2.05) is 27.9 Å². The fraction of sp³-hybridized carbons (Fsp3) is 0.875. The molecule has 2 atom stereocenters. The predicted octanol–water partition coefficient (Wildman–Crippen LogP) is 4.18. The first-order valence-electron chi connectivity index (χ1n) is 7.42. The Kier molecular flexibility index (Phi) is 44.3. The van der Waals surface area contributed by atoms with Crippen molar-refractivity contribution in [2.75, 3.05) is 27.2 Å². The van der Waals surface area contributed by atoms with Crippen molar-refractivity contribution < 1.29 is 29.1 Å². The number of nitrogens with zero attached hydrogens (tertiary/aromatic N) is 4. The Morgan fingerprint density at radius 2 is 0.913 bits per heavy atom. The summed E-state index contributed by atoms with van der Waals surface area (Å²) in [6, 6.07) is 0. The first kappa shape index (κ1) is 34.2. The fourth-order valence-corrected chi connectivity index (χ4v) is 1.56. The van der Waals surface area contributed by atoms with E-state index in [0.29, 0.717) is 11.8 Å². The van der Waals surface area contributed by atoms with E-state index in [0.717, 1.165) is 13.1 Å². The van der Waals surface area contributed by atoms with Gasteiger partial charge < -0.3 is 30.9 Å². The summed E-state index contributed by atoms with van der Waals surface area (Å²) in [7, 11) is 3.65. The van der Waals surface area contributed by atoms with Crippen LogP contribution in [0.3, 0.4) is 0 Å². The van der Waals surface area contributed by atoms with Gasteiger partial charge in [0.05, 0.1) is 0 Å². The standard InChI is InChI=1S/2C7H16N2.2CHO.Ru/c2*1-5-9-7(8-4)6(2)3;2*1-2;/h2*6-7H,5H2,1-4H3;2*1H;/q2*-2;2*-1;+6. The number of hydrogen-bond acceptors (Lipinski definition) is 2. The summed E-state index contributed by atoms with van der Waals surface area (Å²) in [5.41, 5.74) is 0. The number of rotatable bonds is 8. The molecule has 0 radical (unpaired) electrons. The molecule has 0 saturated heterocycles. The Bertz CT molecular complexity index is 179. The normalized spacial score (nSPS) is 11.6. The molecule has 0 bridgehead atoms. The van der Waals surface area contributed by atoms with E-state index in [2.05, 4.69) is 62.5 Å². The molecule has 2 unspecified atom stereocenters. The van der Waals surface area contributed by atoms with Crippen molar-refractivity contribution in [1.82, 2.24) is 0 Å². The van der Waals surface area contributed by atoms with Gasteiger partial charge in [0.25, 0.3) is 0 Å². The van der Waals surface area contributed by atoms with Crippen molar-refractivity contribution in [3.8, 4) is 0 Å². The van der Waals surface area contributed by atoms with Crippen LogP contribution in [0.25, 0.3) is 21.3 Å². The number of carbonyl (C=O) groups excluding carboxylic acids is 2. The van der Waals surface area contributed by atoms with Crippen molar-refractivity contribution >= 4 is 13.6 Å². The molecule has 0 amide bonds. The maximum absolute atomic E-state index is 7.75. The minimum Gasteiger partial charge on any atom is -0.680 e. The molecular weight excluding hydrogens is 381 g/mol. The van der Waals surface area contributed by atoms with Crippen molar-refractivity contribution in [1.29, 1.82) is 0 Å². The summed E-state index contributed by atoms with van der Waals surface area (Å²) in [6.45, 7) is 20.9. The second-order valence-electron chi connectivity index (χ2n) is 4.83. The third-order valence-corrected chi connectivity index (χ3v) is 2.46. The summed E-state index contributed by atoms with van der Waals surface area (Å²) in [5.74, 6) is 1.10. The van der Waals surface area contributed by atoms with Gasteiger partial charge in [0.2, 0.25) is 0 Å². The number of hydrogen-bond donors (Lipinski definition) is 0. The van der Waals surface area contributed by atoms with E-state index in [1.165, 1.54) is 0 Å². The van der Waals surface area contributed by atoms with Crippen molar-refractivity contribution in [2.45, 2.75) is 53.9 Å². The second-order valence-corrected chi connectivity index (χ2v) is 4.83. The maximum Gasteiger partial charge on any atom is 6.00 e. The van der Waals surface area contributed by atoms with E-state index in [-0.39, 0.29) is 31.8 Å². The van der Waals surface area contributed by atoms with Gasteiger partial charge in [-0.2, -0.15) is 27.2 Å². The topological polar surface area (TPSA) is 90.5 Å². The van der Waals surface area contributed by atoms with Gasteiger partial charge in [-0.3, -0.25) is 13.6 Å². The van der Waals surface area contributed by atoms with Gasteiger partial charge in [-0.05, 0) is 0 Å². The van der Waals surface area contributed by atoms with Crippen LogP contribution in [0.2, 0.25) is 0 Å². The molecule has 0 N–H and O–H groups in total. The minimum atomic E-state index is 0. The molecule has 6 nitrogen and oxygen atoms in total. The van der Waals surface area contributed by atoms with Crippen LogP contribution in [0.1, 0.15) is 41.5 Å². The zero-order valence-corrected chi connectivity index (χ0v) is 17.6. The van der Waals surface area contributed by atoms with Crippen LogP contribution in [-0.2, 0) is 29.1 Å². The molecule has 0 heterocycles. The maximum atomic E-state index is 7.75. The molecule has 7 heteroatoms. The molecule has 0 aliphatic heterocycles. The van der Waals surface area contributed by atoms with Crippen LogP contribution in [0.15, 0.2) is 0 Å². The van der Waals surface area contributed by atoms with E-state index < -0.39 is 0 Å². The van der Waals surface area contributed by atoms with Gasteiger partial charge in [-0.15, -0.1) is 0 Å². The first-order valence-corrected chi connectivity index (χ1v) is 7.42. The second kappa shape index (κ2) is 29.8. The van der Waals surface area contributed by atoms with Crippen LogP contribution in [0.4, 0.5) is 0 Å². The van der Waals surface area contributed by atoms with E-state index in [1.54, 1.807) is 0 Å². The molecule has 0 saturated carbocycles. The summed E-state index contributed by atoms with van der Waals surface area (Å²) in [5, 5.41) is 16.8. The van der Waals surface area contributed by atoms with Crippen LogP contribution in [0.5, 0.6) is 0 Å². The van der Waals surface area contributed by atoms with E-state index in [4.69, 9.17) is 9.59 Å². The molecule has 0 aromatic heterocycles. The monoisotopic (exact) mass is 416 g/mol. The van der Waals surface area contributed by atoms with Crippen molar-refractivity contribution in [3.63, 3.8) is 0 Å². The average molecular weight is 416 g/mol. The average Bonchev–Trinajstić information content (AvgIpc) is 2.54. The smallest absolute Gasteiger partial charge is 0.680 e. The van der Waals surface area contributed by atoms with Crippen LogP contribution < -0.4 is 0 Å². The molecule has 0 aliphatic carbocycles. The molecular formula is C16H34N4O2Ru. The van der Waals surface area contributed by atoms with Gasteiger partial charge in [-0.25, -0.2) is 12.3 Å². The molecule has 0 aromatic carbocycles. The van der Waals surface area contributed by atoms with Crippen LogP contribution in [-0.4, -0.2) is 53.1 Å². The molecule has 0 rings (SSSR count). The Morgan fingerprint density at radius 3 is 0.957 bits per heavy atom. The Balaban J connectivity index is -0.0000000743. The van der Waals surface area contributed by atoms with Gasteiger partial charge in [0.1, 0.15) is 0 Å². The zero-order chi connectivity index (χ0) is 18.6. The Hall–Kier alpha value is -0.197.